The quantitative estimate of drug-likeness (QED) is 0.658. The smallest absolute Gasteiger partial charge is 0.254 e. The van der Waals surface area contributed by atoms with Gasteiger partial charge in [-0.25, -0.2) is 0 Å². The predicted octanol–water partition coefficient (Wildman–Crippen LogP) is 4.21. The molecule has 144 valence electrons. The average Bonchev–Trinajstić information content (AvgIpc) is 3.16. The van der Waals surface area contributed by atoms with Crippen LogP contribution >= 0.6 is 11.6 Å². The summed E-state index contributed by atoms with van der Waals surface area (Å²) < 4.78 is 16.1. The molecule has 0 atom stereocenters. The van der Waals surface area contributed by atoms with E-state index in [-0.39, 0.29) is 5.91 Å². The van der Waals surface area contributed by atoms with E-state index in [9.17, 15) is 4.79 Å². The molecule has 2 heterocycles. The van der Waals surface area contributed by atoms with Crippen molar-refractivity contribution in [1.29, 1.82) is 0 Å². The Kier molecular flexibility index (Phi) is 4.96. The summed E-state index contributed by atoms with van der Waals surface area (Å²) in [7, 11) is 3.12. The molecular weight excluding hydrogens is 380 g/mol. The first-order chi connectivity index (χ1) is 13.6. The normalized spacial score (nSPS) is 13.2. The molecule has 1 aliphatic heterocycles. The molecule has 0 spiro atoms. The second-order valence-electron chi connectivity index (χ2n) is 6.52. The van der Waals surface area contributed by atoms with Crippen molar-refractivity contribution < 1.29 is 18.8 Å². The molecule has 1 amide bonds. The Labute approximate surface area is 167 Å². The zero-order chi connectivity index (χ0) is 19.7. The number of hydrogen-bond donors (Lipinski definition) is 0. The Morgan fingerprint density at radius 2 is 1.79 bits per heavy atom. The van der Waals surface area contributed by atoms with Crippen LogP contribution in [0.5, 0.6) is 11.5 Å². The monoisotopic (exact) mass is 398 g/mol. The van der Waals surface area contributed by atoms with Crippen molar-refractivity contribution in [2.45, 2.75) is 13.0 Å². The number of halogens is 1. The lowest BCUT2D eigenvalue weighted by Gasteiger charge is -2.26. The van der Waals surface area contributed by atoms with Crippen LogP contribution in [0.1, 0.15) is 21.6 Å². The van der Waals surface area contributed by atoms with E-state index in [1.54, 1.807) is 49.5 Å². The molecule has 4 rings (SSSR count). The van der Waals surface area contributed by atoms with Crippen LogP contribution in [0, 0.1) is 0 Å². The molecule has 7 heteroatoms. The first-order valence-electron chi connectivity index (χ1n) is 8.84. The summed E-state index contributed by atoms with van der Waals surface area (Å²) in [4.78, 5) is 14.9. The molecule has 3 aromatic rings. The largest absolute Gasteiger partial charge is 0.497 e. The number of rotatable bonds is 4. The number of fused-ring (bicyclic) bond motifs is 1. The van der Waals surface area contributed by atoms with E-state index in [2.05, 4.69) is 5.16 Å². The molecule has 0 saturated carbocycles. The van der Waals surface area contributed by atoms with Gasteiger partial charge in [0.15, 0.2) is 5.76 Å². The number of carbonyl (C=O) groups is 1. The summed E-state index contributed by atoms with van der Waals surface area (Å²) in [6.07, 6.45) is 0.638. The number of carbonyl (C=O) groups excluding carboxylic acids is 1. The van der Waals surface area contributed by atoms with Crippen LogP contribution in [0.25, 0.3) is 11.3 Å². The molecule has 1 aromatic heterocycles. The van der Waals surface area contributed by atoms with Gasteiger partial charge < -0.3 is 18.9 Å². The number of hydrogen-bond acceptors (Lipinski definition) is 5. The Morgan fingerprint density at radius 3 is 2.43 bits per heavy atom. The van der Waals surface area contributed by atoms with E-state index in [1.165, 1.54) is 0 Å². The summed E-state index contributed by atoms with van der Waals surface area (Å²) in [5.41, 5.74) is 3.22. The standard InChI is InChI=1S/C21H19ClN2O4/c1-26-16-9-14(10-17(11-16)27-2)21(25)24-8-7-19-18(12-24)20(28-23-19)13-3-5-15(22)6-4-13/h3-6,9-11H,7-8,12H2,1-2H3. The fourth-order valence-electron chi connectivity index (χ4n) is 3.33. The fourth-order valence-corrected chi connectivity index (χ4v) is 3.45. The van der Waals surface area contributed by atoms with E-state index in [0.29, 0.717) is 47.4 Å². The lowest BCUT2D eigenvalue weighted by Crippen LogP contribution is -2.36. The molecular formula is C21H19ClN2O4. The van der Waals surface area contributed by atoms with Crippen molar-refractivity contribution >= 4 is 17.5 Å². The number of aromatic nitrogens is 1. The van der Waals surface area contributed by atoms with Crippen LogP contribution in [-0.2, 0) is 13.0 Å². The molecule has 0 N–H and O–H groups in total. The number of ether oxygens (including phenoxy) is 2. The summed E-state index contributed by atoms with van der Waals surface area (Å²) in [6, 6.07) is 12.6. The van der Waals surface area contributed by atoms with Crippen LogP contribution in [0.15, 0.2) is 47.0 Å². The third-order valence-electron chi connectivity index (χ3n) is 4.83. The van der Waals surface area contributed by atoms with Crippen molar-refractivity contribution in [1.82, 2.24) is 10.1 Å². The second-order valence-corrected chi connectivity index (χ2v) is 6.96. The highest BCUT2D eigenvalue weighted by atomic mass is 35.5. The average molecular weight is 399 g/mol. The maximum atomic E-state index is 13.1. The van der Waals surface area contributed by atoms with Crippen molar-refractivity contribution in [3.05, 3.63) is 64.3 Å². The van der Waals surface area contributed by atoms with Gasteiger partial charge in [-0.15, -0.1) is 0 Å². The van der Waals surface area contributed by atoms with Gasteiger partial charge in [0.05, 0.1) is 26.5 Å². The van der Waals surface area contributed by atoms with E-state index < -0.39 is 0 Å². The minimum Gasteiger partial charge on any atom is -0.497 e. The Bertz CT molecular complexity index is 991. The van der Waals surface area contributed by atoms with Gasteiger partial charge >= 0.3 is 0 Å². The van der Waals surface area contributed by atoms with Crippen molar-refractivity contribution in [3.63, 3.8) is 0 Å². The molecule has 0 bridgehead atoms. The van der Waals surface area contributed by atoms with Gasteiger partial charge in [0.2, 0.25) is 0 Å². The van der Waals surface area contributed by atoms with E-state index in [0.717, 1.165) is 16.8 Å². The molecule has 28 heavy (non-hydrogen) atoms. The van der Waals surface area contributed by atoms with Gasteiger partial charge in [0, 0.05) is 40.7 Å². The predicted molar refractivity (Wildman–Crippen MR) is 105 cm³/mol. The summed E-state index contributed by atoms with van der Waals surface area (Å²) >= 11 is 5.98. The maximum absolute atomic E-state index is 13.1. The van der Waals surface area contributed by atoms with Crippen molar-refractivity contribution in [2.75, 3.05) is 20.8 Å². The molecule has 0 fully saturated rings. The summed E-state index contributed by atoms with van der Waals surface area (Å²) in [6.45, 7) is 0.993. The molecule has 0 radical (unpaired) electrons. The second kappa shape index (κ2) is 7.56. The highest BCUT2D eigenvalue weighted by molar-refractivity contribution is 6.30. The van der Waals surface area contributed by atoms with Gasteiger partial charge in [-0.05, 0) is 36.4 Å². The lowest BCUT2D eigenvalue weighted by molar-refractivity contribution is 0.0734. The fraction of sp³-hybridized carbons (Fsp3) is 0.238. The molecule has 0 saturated heterocycles. The van der Waals surface area contributed by atoms with Crippen LogP contribution < -0.4 is 9.47 Å². The van der Waals surface area contributed by atoms with Crippen molar-refractivity contribution in [2.24, 2.45) is 0 Å². The first kappa shape index (κ1) is 18.4. The molecule has 0 aliphatic carbocycles. The number of amides is 1. The number of methoxy groups -OCH3 is 2. The SMILES string of the molecule is COc1cc(OC)cc(C(=O)N2CCc3noc(-c4ccc(Cl)cc4)c3C2)c1. The first-order valence-corrected chi connectivity index (χ1v) is 9.22. The minimum absolute atomic E-state index is 0.0916. The zero-order valence-corrected chi connectivity index (χ0v) is 16.3. The summed E-state index contributed by atoms with van der Waals surface area (Å²) in [5.74, 6) is 1.73. The maximum Gasteiger partial charge on any atom is 0.254 e. The zero-order valence-electron chi connectivity index (χ0n) is 15.6. The minimum atomic E-state index is -0.0916. The number of benzene rings is 2. The Hall–Kier alpha value is -2.99. The lowest BCUT2D eigenvalue weighted by atomic mass is 10.0. The summed E-state index contributed by atoms with van der Waals surface area (Å²) in [5, 5.41) is 4.84. The highest BCUT2D eigenvalue weighted by Gasteiger charge is 2.28. The Morgan fingerprint density at radius 1 is 1.11 bits per heavy atom. The van der Waals surface area contributed by atoms with Gasteiger partial charge in [0.1, 0.15) is 11.5 Å². The topological polar surface area (TPSA) is 64.8 Å². The van der Waals surface area contributed by atoms with Crippen molar-refractivity contribution in [3.8, 4) is 22.8 Å². The third kappa shape index (κ3) is 3.43. The molecule has 6 nitrogen and oxygen atoms in total. The van der Waals surface area contributed by atoms with Gasteiger partial charge in [-0.3, -0.25) is 4.79 Å². The third-order valence-corrected chi connectivity index (χ3v) is 5.08. The Balaban J connectivity index is 1.63. The van der Waals surface area contributed by atoms with Gasteiger partial charge in [-0.2, -0.15) is 0 Å². The van der Waals surface area contributed by atoms with Crippen LogP contribution in [0.4, 0.5) is 0 Å². The number of nitrogens with zero attached hydrogens (tertiary/aromatic N) is 2. The van der Waals surface area contributed by atoms with Gasteiger partial charge in [-0.1, -0.05) is 16.8 Å². The molecule has 1 aliphatic rings. The van der Waals surface area contributed by atoms with Crippen LogP contribution in [0.2, 0.25) is 5.02 Å². The van der Waals surface area contributed by atoms with Crippen LogP contribution in [-0.4, -0.2) is 36.7 Å². The van der Waals surface area contributed by atoms with E-state index in [4.69, 9.17) is 25.6 Å². The molecule has 2 aromatic carbocycles. The van der Waals surface area contributed by atoms with Gasteiger partial charge in [0.25, 0.3) is 5.91 Å². The highest BCUT2D eigenvalue weighted by Crippen LogP contribution is 2.32. The van der Waals surface area contributed by atoms with E-state index >= 15 is 0 Å². The molecule has 0 unspecified atom stereocenters. The van der Waals surface area contributed by atoms with Crippen LogP contribution in [0.3, 0.4) is 0 Å². The van der Waals surface area contributed by atoms with E-state index in [1.807, 2.05) is 12.1 Å².